The van der Waals surface area contributed by atoms with Crippen LogP contribution in [0.15, 0.2) is 88.0 Å². The van der Waals surface area contributed by atoms with Crippen molar-refractivity contribution in [2.75, 3.05) is 23.4 Å². The Hall–Kier alpha value is -3.62. The Balaban J connectivity index is 1.36. The minimum absolute atomic E-state index is 0.101. The van der Waals surface area contributed by atoms with E-state index in [1.165, 1.54) is 4.90 Å². The van der Waals surface area contributed by atoms with Gasteiger partial charge in [0.15, 0.2) is 6.61 Å². The SMILES string of the molecule is Cc1nc(-c2ccc3c(c2)N(CC(=O)Nc2ccccc2Sc2ccccc2)C(=O)CO3)cs1. The first-order chi connectivity index (χ1) is 16.6. The summed E-state index contributed by atoms with van der Waals surface area (Å²) in [7, 11) is 0. The summed E-state index contributed by atoms with van der Waals surface area (Å²) in [6.07, 6.45) is 0. The zero-order chi connectivity index (χ0) is 23.5. The van der Waals surface area contributed by atoms with Gasteiger partial charge in [0.2, 0.25) is 5.91 Å². The molecule has 3 aromatic carbocycles. The van der Waals surface area contributed by atoms with E-state index in [4.69, 9.17) is 4.74 Å². The molecule has 1 aliphatic rings. The number of fused-ring (bicyclic) bond motifs is 1. The maximum Gasteiger partial charge on any atom is 0.265 e. The molecule has 0 bridgehead atoms. The summed E-state index contributed by atoms with van der Waals surface area (Å²) in [5.74, 6) is 0.0292. The summed E-state index contributed by atoms with van der Waals surface area (Å²) in [5.41, 5.74) is 2.98. The monoisotopic (exact) mass is 487 g/mol. The van der Waals surface area contributed by atoms with Crippen LogP contribution in [-0.4, -0.2) is 29.9 Å². The molecule has 8 heteroatoms. The third-order valence-corrected chi connectivity index (χ3v) is 7.11. The van der Waals surface area contributed by atoms with Gasteiger partial charge in [0.05, 0.1) is 22.1 Å². The number of thiazole rings is 1. The molecule has 0 spiro atoms. The van der Waals surface area contributed by atoms with Crippen LogP contribution in [0.3, 0.4) is 0 Å². The third kappa shape index (κ3) is 4.83. The lowest BCUT2D eigenvalue weighted by atomic mass is 10.1. The number of hydrogen-bond acceptors (Lipinski definition) is 6. The van der Waals surface area contributed by atoms with Crippen molar-refractivity contribution in [1.29, 1.82) is 0 Å². The zero-order valence-corrected chi connectivity index (χ0v) is 20.0. The number of carbonyl (C=O) groups excluding carboxylic acids is 2. The molecule has 0 aliphatic carbocycles. The first-order valence-corrected chi connectivity index (χ1v) is 12.4. The Morgan fingerprint density at radius 3 is 2.71 bits per heavy atom. The average Bonchev–Trinajstić information content (AvgIpc) is 3.29. The number of carbonyl (C=O) groups is 2. The highest BCUT2D eigenvalue weighted by molar-refractivity contribution is 7.99. The second-order valence-corrected chi connectivity index (χ2v) is 9.84. The third-order valence-electron chi connectivity index (χ3n) is 5.25. The van der Waals surface area contributed by atoms with Crippen molar-refractivity contribution >= 4 is 46.3 Å². The van der Waals surface area contributed by atoms with E-state index in [1.807, 2.05) is 85.1 Å². The number of ether oxygens (including phenoxy) is 1. The van der Waals surface area contributed by atoms with E-state index in [0.29, 0.717) is 17.1 Å². The Morgan fingerprint density at radius 1 is 1.12 bits per heavy atom. The summed E-state index contributed by atoms with van der Waals surface area (Å²) in [4.78, 5) is 33.7. The highest BCUT2D eigenvalue weighted by Crippen LogP contribution is 2.37. The predicted molar refractivity (Wildman–Crippen MR) is 136 cm³/mol. The van der Waals surface area contributed by atoms with Crippen LogP contribution in [0, 0.1) is 6.92 Å². The molecule has 0 atom stereocenters. The van der Waals surface area contributed by atoms with Crippen LogP contribution >= 0.6 is 23.1 Å². The molecule has 34 heavy (non-hydrogen) atoms. The van der Waals surface area contributed by atoms with Crippen LogP contribution in [0.4, 0.5) is 11.4 Å². The van der Waals surface area contributed by atoms with Crippen LogP contribution in [0.5, 0.6) is 5.75 Å². The number of nitrogens with zero attached hydrogens (tertiary/aromatic N) is 2. The fourth-order valence-corrected chi connectivity index (χ4v) is 5.18. The van der Waals surface area contributed by atoms with Gasteiger partial charge in [0.25, 0.3) is 5.91 Å². The molecule has 170 valence electrons. The maximum atomic E-state index is 13.0. The minimum atomic E-state index is -0.280. The highest BCUT2D eigenvalue weighted by Gasteiger charge is 2.28. The smallest absolute Gasteiger partial charge is 0.265 e. The van der Waals surface area contributed by atoms with Gasteiger partial charge in [-0.25, -0.2) is 4.98 Å². The molecule has 1 aromatic heterocycles. The normalized spacial score (nSPS) is 12.7. The van der Waals surface area contributed by atoms with Gasteiger partial charge in [0, 0.05) is 20.7 Å². The number of amides is 2. The first kappa shape index (κ1) is 22.2. The number of aromatic nitrogens is 1. The van der Waals surface area contributed by atoms with Crippen molar-refractivity contribution in [3.8, 4) is 17.0 Å². The van der Waals surface area contributed by atoms with E-state index in [-0.39, 0.29) is 25.0 Å². The summed E-state index contributed by atoms with van der Waals surface area (Å²) in [5, 5.41) is 5.91. The van der Waals surface area contributed by atoms with E-state index in [2.05, 4.69) is 10.3 Å². The van der Waals surface area contributed by atoms with Gasteiger partial charge in [-0.3, -0.25) is 14.5 Å². The first-order valence-electron chi connectivity index (χ1n) is 10.7. The molecule has 1 aliphatic heterocycles. The second-order valence-electron chi connectivity index (χ2n) is 7.66. The van der Waals surface area contributed by atoms with Crippen molar-refractivity contribution in [3.63, 3.8) is 0 Å². The number of nitrogens with one attached hydrogen (secondary N) is 1. The molecule has 5 rings (SSSR count). The van der Waals surface area contributed by atoms with Crippen LogP contribution < -0.4 is 15.0 Å². The fraction of sp³-hybridized carbons (Fsp3) is 0.115. The molecule has 4 aromatic rings. The van der Waals surface area contributed by atoms with E-state index in [9.17, 15) is 9.59 Å². The number of rotatable bonds is 6. The fourth-order valence-electron chi connectivity index (χ4n) is 3.64. The molecule has 0 saturated carbocycles. The zero-order valence-electron chi connectivity index (χ0n) is 18.4. The van der Waals surface area contributed by atoms with Crippen molar-refractivity contribution in [2.24, 2.45) is 0 Å². The van der Waals surface area contributed by atoms with Crippen molar-refractivity contribution in [1.82, 2.24) is 4.98 Å². The van der Waals surface area contributed by atoms with Gasteiger partial charge in [-0.1, -0.05) is 42.1 Å². The van der Waals surface area contributed by atoms with E-state index in [1.54, 1.807) is 23.1 Å². The standard InChI is InChI=1S/C26H21N3O3S2/c1-17-27-21(16-33-17)18-11-12-23-22(13-18)29(26(31)15-32-23)14-25(30)28-20-9-5-6-10-24(20)34-19-7-3-2-4-8-19/h2-13,16H,14-15H2,1H3,(H,28,30). The lowest BCUT2D eigenvalue weighted by Crippen LogP contribution is -2.43. The van der Waals surface area contributed by atoms with Crippen molar-refractivity contribution in [2.45, 2.75) is 16.7 Å². The van der Waals surface area contributed by atoms with Crippen LogP contribution in [-0.2, 0) is 9.59 Å². The maximum absolute atomic E-state index is 13.0. The summed E-state index contributed by atoms with van der Waals surface area (Å²) in [6, 6.07) is 23.2. The van der Waals surface area contributed by atoms with Gasteiger partial charge in [-0.05, 0) is 49.4 Å². The molecule has 2 amide bonds. The molecular formula is C26H21N3O3S2. The number of anilines is 2. The topological polar surface area (TPSA) is 71.5 Å². The van der Waals surface area contributed by atoms with Crippen molar-refractivity contribution < 1.29 is 14.3 Å². The lowest BCUT2D eigenvalue weighted by Gasteiger charge is -2.29. The van der Waals surface area contributed by atoms with Gasteiger partial charge in [-0.15, -0.1) is 11.3 Å². The Bertz CT molecular complexity index is 1350. The Labute approximate surface area is 205 Å². The van der Waals surface area contributed by atoms with E-state index >= 15 is 0 Å². The number of aryl methyl sites for hydroxylation is 1. The number of hydrogen-bond donors (Lipinski definition) is 1. The molecule has 2 heterocycles. The quantitative estimate of drug-likeness (QED) is 0.381. The molecule has 0 radical (unpaired) electrons. The van der Waals surface area contributed by atoms with Crippen LogP contribution in [0.2, 0.25) is 0 Å². The van der Waals surface area contributed by atoms with Gasteiger partial charge >= 0.3 is 0 Å². The molecule has 1 N–H and O–H groups in total. The number of benzene rings is 3. The predicted octanol–water partition coefficient (Wildman–Crippen LogP) is 5.63. The van der Waals surface area contributed by atoms with Crippen LogP contribution in [0.1, 0.15) is 5.01 Å². The molecule has 0 unspecified atom stereocenters. The van der Waals surface area contributed by atoms with E-state index in [0.717, 1.165) is 26.1 Å². The average molecular weight is 488 g/mol. The largest absolute Gasteiger partial charge is 0.482 e. The minimum Gasteiger partial charge on any atom is -0.482 e. The molecular weight excluding hydrogens is 466 g/mol. The molecule has 0 saturated heterocycles. The molecule has 6 nitrogen and oxygen atoms in total. The summed E-state index contributed by atoms with van der Waals surface area (Å²) < 4.78 is 5.60. The number of para-hydroxylation sites is 1. The highest BCUT2D eigenvalue weighted by atomic mass is 32.2. The summed E-state index contributed by atoms with van der Waals surface area (Å²) >= 11 is 3.13. The second kappa shape index (κ2) is 9.70. The van der Waals surface area contributed by atoms with Gasteiger partial charge < -0.3 is 10.1 Å². The van der Waals surface area contributed by atoms with E-state index < -0.39 is 0 Å². The van der Waals surface area contributed by atoms with Gasteiger partial charge in [0.1, 0.15) is 12.3 Å². The lowest BCUT2D eigenvalue weighted by molar-refractivity contribution is -0.123. The van der Waals surface area contributed by atoms with Crippen molar-refractivity contribution in [3.05, 3.63) is 83.2 Å². The summed E-state index contributed by atoms with van der Waals surface area (Å²) in [6.45, 7) is 1.73. The Kier molecular flexibility index (Phi) is 6.33. The molecule has 0 fully saturated rings. The van der Waals surface area contributed by atoms with Crippen LogP contribution in [0.25, 0.3) is 11.3 Å². The van der Waals surface area contributed by atoms with Gasteiger partial charge in [-0.2, -0.15) is 0 Å². The Morgan fingerprint density at radius 2 is 1.91 bits per heavy atom.